The molecule has 2 N–H and O–H groups in total. The minimum Gasteiger partial charge on any atom is -0.354 e. The molecular weight excluding hydrogens is 245 g/mol. The third-order valence-corrected chi connectivity index (χ3v) is 3.46. The Morgan fingerprint density at radius 2 is 2.21 bits per heavy atom. The second-order valence-electron chi connectivity index (χ2n) is 4.95. The van der Waals surface area contributed by atoms with Crippen molar-refractivity contribution >= 4 is 5.91 Å². The molecule has 1 aliphatic heterocycles. The normalized spacial score (nSPS) is 20.2. The van der Waals surface area contributed by atoms with E-state index in [1.54, 1.807) is 12.1 Å². The van der Waals surface area contributed by atoms with Gasteiger partial charge in [0, 0.05) is 32.2 Å². The number of hydrogen-bond acceptors (Lipinski definition) is 3. The van der Waals surface area contributed by atoms with Crippen molar-refractivity contribution < 1.29 is 9.18 Å². The standard InChI is InChI=1S/C14H20FN3O/c1-18-7-6-16-9-13(18)10-17-14(19)8-11-2-4-12(15)5-3-11/h2-5,13,16H,6-10H2,1H3,(H,17,19). The zero-order valence-electron chi connectivity index (χ0n) is 11.2. The van der Waals surface area contributed by atoms with E-state index in [1.807, 2.05) is 0 Å². The lowest BCUT2D eigenvalue weighted by Gasteiger charge is -2.33. The van der Waals surface area contributed by atoms with Crippen LogP contribution in [0.15, 0.2) is 24.3 Å². The SMILES string of the molecule is CN1CCNCC1CNC(=O)Cc1ccc(F)cc1. The number of nitrogens with zero attached hydrogens (tertiary/aromatic N) is 1. The molecule has 0 radical (unpaired) electrons. The Balaban J connectivity index is 1.76. The van der Waals surface area contributed by atoms with Gasteiger partial charge in [0.1, 0.15) is 5.82 Å². The molecule has 1 fully saturated rings. The first-order valence-corrected chi connectivity index (χ1v) is 6.57. The summed E-state index contributed by atoms with van der Waals surface area (Å²) in [6.45, 7) is 3.53. The van der Waals surface area contributed by atoms with Crippen molar-refractivity contribution in [2.45, 2.75) is 12.5 Å². The lowest BCUT2D eigenvalue weighted by atomic mass is 10.1. The molecular formula is C14H20FN3O. The molecule has 0 saturated carbocycles. The van der Waals surface area contributed by atoms with Crippen molar-refractivity contribution in [3.05, 3.63) is 35.6 Å². The smallest absolute Gasteiger partial charge is 0.224 e. The maximum absolute atomic E-state index is 12.7. The fourth-order valence-corrected chi connectivity index (χ4v) is 2.17. The number of likely N-dealkylation sites (N-methyl/N-ethyl adjacent to an activating group) is 1. The van der Waals surface area contributed by atoms with E-state index in [2.05, 4.69) is 22.6 Å². The van der Waals surface area contributed by atoms with E-state index in [0.29, 0.717) is 19.0 Å². The highest BCUT2D eigenvalue weighted by Gasteiger charge is 2.18. The molecule has 2 rings (SSSR count). The molecule has 1 amide bonds. The van der Waals surface area contributed by atoms with Crippen LogP contribution in [0.1, 0.15) is 5.56 Å². The van der Waals surface area contributed by atoms with Crippen LogP contribution < -0.4 is 10.6 Å². The van der Waals surface area contributed by atoms with Crippen molar-refractivity contribution in [2.24, 2.45) is 0 Å². The maximum atomic E-state index is 12.7. The largest absolute Gasteiger partial charge is 0.354 e. The van der Waals surface area contributed by atoms with Crippen molar-refractivity contribution in [1.29, 1.82) is 0 Å². The van der Waals surface area contributed by atoms with Gasteiger partial charge in [-0.1, -0.05) is 12.1 Å². The van der Waals surface area contributed by atoms with Gasteiger partial charge in [0.25, 0.3) is 0 Å². The number of carbonyl (C=O) groups is 1. The van der Waals surface area contributed by atoms with Crippen LogP contribution >= 0.6 is 0 Å². The van der Waals surface area contributed by atoms with Gasteiger partial charge >= 0.3 is 0 Å². The summed E-state index contributed by atoms with van der Waals surface area (Å²) in [6.07, 6.45) is 0.296. The predicted molar refractivity (Wildman–Crippen MR) is 72.4 cm³/mol. The van der Waals surface area contributed by atoms with E-state index in [9.17, 15) is 9.18 Å². The summed E-state index contributed by atoms with van der Waals surface area (Å²) in [4.78, 5) is 14.0. The Morgan fingerprint density at radius 1 is 1.47 bits per heavy atom. The molecule has 0 aliphatic carbocycles. The molecule has 1 aromatic carbocycles. The van der Waals surface area contributed by atoms with Gasteiger partial charge in [-0.3, -0.25) is 9.69 Å². The molecule has 0 aromatic heterocycles. The number of piperazine rings is 1. The maximum Gasteiger partial charge on any atom is 0.224 e. The highest BCUT2D eigenvalue weighted by Crippen LogP contribution is 2.04. The van der Waals surface area contributed by atoms with Crippen molar-refractivity contribution in [1.82, 2.24) is 15.5 Å². The molecule has 1 aromatic rings. The van der Waals surface area contributed by atoms with E-state index >= 15 is 0 Å². The molecule has 19 heavy (non-hydrogen) atoms. The van der Waals surface area contributed by atoms with Gasteiger partial charge in [0.2, 0.25) is 5.91 Å². The molecule has 4 nitrogen and oxygen atoms in total. The number of benzene rings is 1. The van der Waals surface area contributed by atoms with Crippen molar-refractivity contribution in [2.75, 3.05) is 33.2 Å². The molecule has 104 valence electrons. The zero-order chi connectivity index (χ0) is 13.7. The molecule has 1 unspecified atom stereocenters. The number of rotatable bonds is 4. The summed E-state index contributed by atoms with van der Waals surface area (Å²) in [6, 6.07) is 6.38. The summed E-state index contributed by atoms with van der Waals surface area (Å²) in [5.74, 6) is -0.301. The van der Waals surface area contributed by atoms with Crippen LogP contribution in [-0.2, 0) is 11.2 Å². The van der Waals surface area contributed by atoms with Crippen molar-refractivity contribution in [3.8, 4) is 0 Å². The number of carbonyl (C=O) groups excluding carboxylic acids is 1. The van der Waals surface area contributed by atoms with Crippen molar-refractivity contribution in [3.63, 3.8) is 0 Å². The summed E-state index contributed by atoms with van der Waals surface area (Å²) >= 11 is 0. The van der Waals surface area contributed by atoms with E-state index in [-0.39, 0.29) is 11.7 Å². The monoisotopic (exact) mass is 265 g/mol. The van der Waals surface area contributed by atoms with Crippen LogP contribution in [0.3, 0.4) is 0 Å². The molecule has 5 heteroatoms. The van der Waals surface area contributed by atoms with Gasteiger partial charge < -0.3 is 10.6 Å². The van der Waals surface area contributed by atoms with Crippen LogP contribution in [0.25, 0.3) is 0 Å². The molecule has 1 saturated heterocycles. The Bertz CT molecular complexity index is 421. The fourth-order valence-electron chi connectivity index (χ4n) is 2.17. The quantitative estimate of drug-likeness (QED) is 0.827. The molecule has 1 atom stereocenters. The number of nitrogens with one attached hydrogen (secondary N) is 2. The minimum absolute atomic E-state index is 0.0226. The van der Waals surface area contributed by atoms with E-state index in [4.69, 9.17) is 0 Å². The van der Waals surface area contributed by atoms with Gasteiger partial charge in [-0.25, -0.2) is 4.39 Å². The van der Waals surface area contributed by atoms with E-state index in [1.165, 1.54) is 12.1 Å². The topological polar surface area (TPSA) is 44.4 Å². The first kappa shape index (κ1) is 14.0. The lowest BCUT2D eigenvalue weighted by molar-refractivity contribution is -0.120. The predicted octanol–water partition coefficient (Wildman–Crippen LogP) is 0.388. The van der Waals surface area contributed by atoms with Gasteiger partial charge in [0.05, 0.1) is 6.42 Å². The fraction of sp³-hybridized carbons (Fsp3) is 0.500. The van der Waals surface area contributed by atoms with Crippen LogP contribution in [0, 0.1) is 5.82 Å². The summed E-state index contributed by atoms with van der Waals surface area (Å²) in [5, 5.41) is 6.24. The van der Waals surface area contributed by atoms with Crippen LogP contribution in [-0.4, -0.2) is 50.1 Å². The van der Waals surface area contributed by atoms with E-state index < -0.39 is 0 Å². The zero-order valence-corrected chi connectivity index (χ0v) is 11.2. The average molecular weight is 265 g/mol. The molecule has 1 aliphatic rings. The second-order valence-corrected chi connectivity index (χ2v) is 4.95. The number of halogens is 1. The van der Waals surface area contributed by atoms with Gasteiger partial charge in [-0.15, -0.1) is 0 Å². The summed E-state index contributed by atoms with van der Waals surface area (Å²) in [5.41, 5.74) is 0.828. The van der Waals surface area contributed by atoms with Crippen LogP contribution in [0.4, 0.5) is 4.39 Å². The first-order valence-electron chi connectivity index (χ1n) is 6.57. The minimum atomic E-state index is -0.279. The first-order chi connectivity index (χ1) is 9.15. The van der Waals surface area contributed by atoms with Crippen LogP contribution in [0.5, 0.6) is 0 Å². The number of amides is 1. The summed E-state index contributed by atoms with van der Waals surface area (Å²) < 4.78 is 12.7. The highest BCUT2D eigenvalue weighted by atomic mass is 19.1. The Labute approximate surface area is 113 Å². The average Bonchev–Trinajstić information content (AvgIpc) is 2.40. The van der Waals surface area contributed by atoms with Gasteiger partial charge in [-0.2, -0.15) is 0 Å². The second kappa shape index (κ2) is 6.63. The molecule has 0 spiro atoms. The Morgan fingerprint density at radius 3 is 2.89 bits per heavy atom. The van der Waals surface area contributed by atoms with Crippen LogP contribution in [0.2, 0.25) is 0 Å². The third-order valence-electron chi connectivity index (χ3n) is 3.46. The molecule has 1 heterocycles. The van der Waals surface area contributed by atoms with Gasteiger partial charge in [0.15, 0.2) is 0 Å². The Kier molecular flexibility index (Phi) is 4.87. The summed E-state index contributed by atoms with van der Waals surface area (Å²) in [7, 11) is 2.07. The van der Waals surface area contributed by atoms with E-state index in [0.717, 1.165) is 25.2 Å². The lowest BCUT2D eigenvalue weighted by Crippen LogP contribution is -2.54. The Hall–Kier alpha value is -1.46. The van der Waals surface area contributed by atoms with Gasteiger partial charge in [-0.05, 0) is 24.7 Å². The number of hydrogen-bond donors (Lipinski definition) is 2. The molecule has 0 bridgehead atoms. The third kappa shape index (κ3) is 4.29. The highest BCUT2D eigenvalue weighted by molar-refractivity contribution is 5.78.